The molecular weight excluding hydrogens is 468 g/mol. The summed E-state index contributed by atoms with van der Waals surface area (Å²) in [5.41, 5.74) is 11.0. The highest BCUT2D eigenvalue weighted by atomic mass is 32.1. The Morgan fingerprint density at radius 1 is 1.22 bits per heavy atom. The Morgan fingerprint density at radius 3 is 2.83 bits per heavy atom. The van der Waals surface area contributed by atoms with Crippen LogP contribution >= 0.6 is 11.3 Å². The molecule has 0 radical (unpaired) electrons. The van der Waals surface area contributed by atoms with E-state index in [1.54, 1.807) is 17.4 Å². The molecule has 1 saturated carbocycles. The minimum absolute atomic E-state index is 0.169. The lowest BCUT2D eigenvalue weighted by Gasteiger charge is -2.29. The van der Waals surface area contributed by atoms with Crippen LogP contribution in [0.25, 0.3) is 5.57 Å². The number of rotatable bonds is 9. The second-order valence-electron chi connectivity index (χ2n) is 9.70. The summed E-state index contributed by atoms with van der Waals surface area (Å²) in [7, 11) is 0. The average Bonchev–Trinajstić information content (AvgIpc) is 3.50. The Morgan fingerprint density at radius 2 is 2.08 bits per heavy atom. The third-order valence-corrected chi connectivity index (χ3v) is 8.00. The number of carbonyl (C=O) groups excluding carboxylic acids is 1. The summed E-state index contributed by atoms with van der Waals surface area (Å²) in [6.07, 6.45) is 6.35. The molecule has 2 atom stereocenters. The number of hydrogen-bond donors (Lipinski definition) is 5. The zero-order valence-corrected chi connectivity index (χ0v) is 21.3. The molecule has 36 heavy (non-hydrogen) atoms. The van der Waals surface area contributed by atoms with Crippen LogP contribution in [0.2, 0.25) is 0 Å². The summed E-state index contributed by atoms with van der Waals surface area (Å²) >= 11 is 1.71. The van der Waals surface area contributed by atoms with Crippen LogP contribution in [0.3, 0.4) is 0 Å². The van der Waals surface area contributed by atoms with E-state index in [1.165, 1.54) is 4.88 Å². The van der Waals surface area contributed by atoms with E-state index < -0.39 is 0 Å². The van der Waals surface area contributed by atoms with Crippen molar-refractivity contribution in [3.8, 4) is 0 Å². The second-order valence-corrected chi connectivity index (χ2v) is 10.9. The fourth-order valence-corrected chi connectivity index (χ4v) is 5.53. The molecule has 2 aromatic rings. The molecule has 0 bridgehead atoms. The van der Waals surface area contributed by atoms with E-state index in [2.05, 4.69) is 51.4 Å². The fourth-order valence-electron chi connectivity index (χ4n) is 4.60. The Kier molecular flexibility index (Phi) is 7.40. The molecule has 5 N–H and O–H groups in total. The molecule has 1 aromatic carbocycles. The van der Waals surface area contributed by atoms with Gasteiger partial charge in [-0.2, -0.15) is 0 Å². The molecule has 1 amide bonds. The summed E-state index contributed by atoms with van der Waals surface area (Å²) < 4.78 is 0. The molecule has 1 aromatic heterocycles. The van der Waals surface area contributed by atoms with Gasteiger partial charge in [0.25, 0.3) is 5.91 Å². The van der Waals surface area contributed by atoms with Gasteiger partial charge in [-0.1, -0.05) is 24.1 Å². The molecule has 2 heterocycles. The van der Waals surface area contributed by atoms with Gasteiger partial charge in [-0.3, -0.25) is 4.79 Å². The minimum atomic E-state index is -0.177. The van der Waals surface area contributed by atoms with E-state index in [1.807, 2.05) is 31.2 Å². The molecular formula is C29H32N4O2S. The molecule has 1 aliphatic heterocycles. The summed E-state index contributed by atoms with van der Waals surface area (Å²) in [6, 6.07) is 10.9. The third kappa shape index (κ3) is 5.80. The van der Waals surface area contributed by atoms with E-state index in [4.69, 9.17) is 0 Å². The van der Waals surface area contributed by atoms with Crippen LogP contribution in [0.4, 0.5) is 5.69 Å². The van der Waals surface area contributed by atoms with Crippen molar-refractivity contribution in [2.75, 3.05) is 18.4 Å². The van der Waals surface area contributed by atoms with Crippen LogP contribution in [0.1, 0.15) is 44.9 Å². The summed E-state index contributed by atoms with van der Waals surface area (Å²) in [4.78, 5) is 15.4. The first-order valence-corrected chi connectivity index (χ1v) is 13.3. The molecule has 6 nitrogen and oxygen atoms in total. The molecule has 0 unspecified atom stereocenters. The van der Waals surface area contributed by atoms with E-state index in [9.17, 15) is 9.90 Å². The van der Waals surface area contributed by atoms with Crippen molar-refractivity contribution in [1.29, 1.82) is 0 Å². The van der Waals surface area contributed by atoms with Gasteiger partial charge >= 0.3 is 0 Å². The largest absolute Gasteiger partial charge is 0.393 e. The highest BCUT2D eigenvalue weighted by Gasteiger charge is 2.22. The molecule has 3 aliphatic rings. The van der Waals surface area contributed by atoms with E-state index in [0.29, 0.717) is 23.3 Å². The zero-order valence-electron chi connectivity index (χ0n) is 20.5. The molecule has 2 fully saturated rings. The van der Waals surface area contributed by atoms with E-state index >= 15 is 0 Å². The predicted molar refractivity (Wildman–Crippen MR) is 146 cm³/mol. The average molecular weight is 501 g/mol. The van der Waals surface area contributed by atoms with Crippen LogP contribution < -0.4 is 21.3 Å². The number of carbonyl (C=O) groups is 1. The molecule has 0 spiro atoms. The maximum atomic E-state index is 13.1. The van der Waals surface area contributed by atoms with Gasteiger partial charge < -0.3 is 26.4 Å². The number of allylic oxidation sites excluding steroid dienone is 3. The summed E-state index contributed by atoms with van der Waals surface area (Å²) in [5, 5.41) is 22.9. The molecule has 7 heteroatoms. The maximum absolute atomic E-state index is 13.1. The van der Waals surface area contributed by atoms with Crippen molar-refractivity contribution in [3.05, 3.63) is 92.7 Å². The summed E-state index contributed by atoms with van der Waals surface area (Å²) in [6.45, 7) is 8.71. The molecule has 186 valence electrons. The first kappa shape index (κ1) is 24.5. The first-order valence-electron chi connectivity index (χ1n) is 12.5. The number of aliphatic hydroxyl groups is 1. The number of hydrogen-bond acceptors (Lipinski definition) is 6. The number of anilines is 1. The monoisotopic (exact) mass is 500 g/mol. The van der Waals surface area contributed by atoms with Crippen LogP contribution in [0.15, 0.2) is 71.8 Å². The van der Waals surface area contributed by atoms with Crippen molar-refractivity contribution in [3.63, 3.8) is 0 Å². The minimum Gasteiger partial charge on any atom is -0.393 e. The Labute approximate surface area is 216 Å². The fraction of sp³-hybridized carbons (Fsp3) is 0.345. The van der Waals surface area contributed by atoms with Crippen LogP contribution in [-0.2, 0) is 6.54 Å². The lowest BCUT2D eigenvalue weighted by molar-refractivity contribution is 0.0966. The van der Waals surface area contributed by atoms with Gasteiger partial charge in [0.05, 0.1) is 12.1 Å². The second kappa shape index (κ2) is 10.9. The first-order chi connectivity index (χ1) is 17.4. The molecule has 5 rings (SSSR count). The van der Waals surface area contributed by atoms with Gasteiger partial charge in [0, 0.05) is 63.5 Å². The smallest absolute Gasteiger partial charge is 0.256 e. The molecule has 1 saturated heterocycles. The third-order valence-electron chi connectivity index (χ3n) is 6.88. The number of aliphatic hydroxyl groups excluding tert-OH is 1. The Balaban J connectivity index is 1.21. The number of thiophene rings is 1. The Hall–Kier alpha value is -3.15. The van der Waals surface area contributed by atoms with Gasteiger partial charge in [-0.05, 0) is 68.2 Å². The number of amides is 1. The quantitative estimate of drug-likeness (QED) is 0.336. The lowest BCUT2D eigenvalue weighted by atomic mass is 10.0. The standard InChI is InChI=1S/C29H32N4O2S/c1-18-6-7-23(33-24-15-30-16-24)14-27(18)29(35)32-19(2)20-4-3-5-21(12-20)28-11-10-26(36-28)17-31-22-8-9-25(34)13-22/h4,6-7,10-12,14,22,24-25,30-31,33-34H,2,8-9,13,15-17H2,1H3,(H,32,35)/t22-,25+/m0/s1. The highest BCUT2D eigenvalue weighted by molar-refractivity contribution is 7.13. The highest BCUT2D eigenvalue weighted by Crippen LogP contribution is 2.29. The normalized spacial score (nSPS) is 21.1. The van der Waals surface area contributed by atoms with Crippen molar-refractivity contribution >= 4 is 28.5 Å². The number of nitrogens with one attached hydrogen (secondary N) is 4. The molecule has 2 aliphatic carbocycles. The van der Waals surface area contributed by atoms with Crippen LogP contribution in [0, 0.1) is 6.92 Å². The van der Waals surface area contributed by atoms with Crippen molar-refractivity contribution in [1.82, 2.24) is 16.0 Å². The number of benzene rings is 1. The number of aryl methyl sites for hydroxylation is 1. The van der Waals surface area contributed by atoms with E-state index in [-0.39, 0.29) is 12.0 Å². The SMILES string of the molecule is C=C(NC(=O)c1cc(NC2CNC2)ccc1C)C1=CC(c2ccc(CN[C@H]3CC[C@@H](O)C3)s2)=C=C=C1. The summed E-state index contributed by atoms with van der Waals surface area (Å²) in [5.74, 6) is -0.177. The predicted octanol–water partition coefficient (Wildman–Crippen LogP) is 4.02. The van der Waals surface area contributed by atoms with Gasteiger partial charge in [0.2, 0.25) is 0 Å². The zero-order chi connectivity index (χ0) is 25.1. The van der Waals surface area contributed by atoms with Crippen LogP contribution in [0.5, 0.6) is 0 Å². The van der Waals surface area contributed by atoms with Crippen LogP contribution in [-0.4, -0.2) is 42.3 Å². The van der Waals surface area contributed by atoms with Crippen molar-refractivity contribution in [2.24, 2.45) is 0 Å². The van der Waals surface area contributed by atoms with E-state index in [0.717, 1.165) is 66.2 Å². The lowest BCUT2D eigenvalue weighted by Crippen LogP contribution is -2.51. The Bertz CT molecular complexity index is 1310. The van der Waals surface area contributed by atoms with Crippen molar-refractivity contribution in [2.45, 2.75) is 50.9 Å². The van der Waals surface area contributed by atoms with Gasteiger partial charge in [0.15, 0.2) is 0 Å². The topological polar surface area (TPSA) is 85.4 Å². The maximum Gasteiger partial charge on any atom is 0.256 e. The van der Waals surface area contributed by atoms with Crippen molar-refractivity contribution < 1.29 is 9.90 Å². The van der Waals surface area contributed by atoms with Gasteiger partial charge in [-0.15, -0.1) is 11.3 Å². The van der Waals surface area contributed by atoms with Gasteiger partial charge in [0.1, 0.15) is 0 Å². The van der Waals surface area contributed by atoms with Gasteiger partial charge in [-0.25, -0.2) is 0 Å².